The van der Waals surface area contributed by atoms with Crippen LogP contribution in [0.2, 0.25) is 0 Å². The molecule has 2 nitrogen and oxygen atoms in total. The van der Waals surface area contributed by atoms with Gasteiger partial charge in [-0.05, 0) is 13.8 Å². The van der Waals surface area contributed by atoms with Gasteiger partial charge in [-0.15, -0.1) is 0 Å². The zero-order chi connectivity index (χ0) is 10.4. The average Bonchev–Trinajstić information content (AvgIpc) is 2.26. The maximum absolute atomic E-state index is 3.87. The standard InChI is InChI=1S/C12H20N2/c1-3-14(4-2)10-12-7-5-11(9-13)6-8-12/h5-8H,3-4,9-10,13H2,1-2H3/p+2. The zero-order valence-corrected chi connectivity index (χ0v) is 9.34. The number of rotatable bonds is 5. The van der Waals surface area contributed by atoms with Crippen LogP contribution in [0.3, 0.4) is 0 Å². The van der Waals surface area contributed by atoms with E-state index in [1.165, 1.54) is 24.2 Å². The first-order valence-electron chi connectivity index (χ1n) is 5.50. The van der Waals surface area contributed by atoms with Gasteiger partial charge in [-0.2, -0.15) is 0 Å². The highest BCUT2D eigenvalue weighted by molar-refractivity contribution is 5.20. The minimum Gasteiger partial charge on any atom is -0.354 e. The third-order valence-electron chi connectivity index (χ3n) is 2.77. The van der Waals surface area contributed by atoms with Crippen LogP contribution in [0.15, 0.2) is 24.3 Å². The molecular weight excluding hydrogens is 172 g/mol. The molecule has 0 spiro atoms. The normalized spacial score (nSPS) is 10.9. The molecular formula is C12H22N2+2. The summed E-state index contributed by atoms with van der Waals surface area (Å²) < 4.78 is 0. The lowest BCUT2D eigenvalue weighted by Crippen LogP contribution is -3.10. The topological polar surface area (TPSA) is 32.1 Å². The molecule has 0 fully saturated rings. The van der Waals surface area contributed by atoms with Gasteiger partial charge in [0.1, 0.15) is 6.54 Å². The SMILES string of the molecule is CC[NH+](CC)Cc1ccc(C[NH3+])cc1. The van der Waals surface area contributed by atoms with Gasteiger partial charge >= 0.3 is 0 Å². The van der Waals surface area contributed by atoms with Gasteiger partial charge in [0.25, 0.3) is 0 Å². The highest BCUT2D eigenvalue weighted by Crippen LogP contribution is 2.01. The van der Waals surface area contributed by atoms with Crippen LogP contribution in [0.1, 0.15) is 25.0 Å². The van der Waals surface area contributed by atoms with Crippen molar-refractivity contribution in [2.24, 2.45) is 0 Å². The number of benzene rings is 1. The van der Waals surface area contributed by atoms with Gasteiger partial charge in [0.05, 0.1) is 19.6 Å². The van der Waals surface area contributed by atoms with Crippen LogP contribution >= 0.6 is 0 Å². The fourth-order valence-corrected chi connectivity index (χ4v) is 1.61. The Labute approximate surface area is 86.7 Å². The van der Waals surface area contributed by atoms with Crippen molar-refractivity contribution in [2.75, 3.05) is 13.1 Å². The van der Waals surface area contributed by atoms with E-state index in [-0.39, 0.29) is 0 Å². The highest BCUT2D eigenvalue weighted by atomic mass is 15.1. The Morgan fingerprint density at radius 1 is 1.00 bits per heavy atom. The van der Waals surface area contributed by atoms with Crippen LogP contribution < -0.4 is 10.6 Å². The molecule has 0 unspecified atom stereocenters. The second-order valence-electron chi connectivity index (χ2n) is 3.70. The molecule has 0 atom stereocenters. The molecule has 0 aliphatic carbocycles. The first-order valence-corrected chi connectivity index (χ1v) is 5.50. The number of hydrogen-bond donors (Lipinski definition) is 2. The van der Waals surface area contributed by atoms with Gasteiger partial charge in [0, 0.05) is 11.1 Å². The van der Waals surface area contributed by atoms with Crippen molar-refractivity contribution in [3.63, 3.8) is 0 Å². The minimum atomic E-state index is 0.887. The average molecular weight is 194 g/mol. The summed E-state index contributed by atoms with van der Waals surface area (Å²) in [5, 5.41) is 0. The summed E-state index contributed by atoms with van der Waals surface area (Å²) in [5.41, 5.74) is 6.63. The lowest BCUT2D eigenvalue weighted by atomic mass is 10.1. The lowest BCUT2D eigenvalue weighted by molar-refractivity contribution is -0.910. The van der Waals surface area contributed by atoms with Gasteiger partial charge in [-0.25, -0.2) is 0 Å². The van der Waals surface area contributed by atoms with Crippen molar-refractivity contribution in [3.05, 3.63) is 35.4 Å². The summed E-state index contributed by atoms with van der Waals surface area (Å²) in [5.74, 6) is 0. The molecule has 78 valence electrons. The summed E-state index contributed by atoms with van der Waals surface area (Å²) in [6.07, 6.45) is 0. The minimum absolute atomic E-state index is 0.887. The first-order chi connectivity index (χ1) is 6.80. The van der Waals surface area contributed by atoms with Crippen molar-refractivity contribution < 1.29 is 10.6 Å². The summed E-state index contributed by atoms with van der Waals surface area (Å²) in [7, 11) is 0. The van der Waals surface area contributed by atoms with Crippen LogP contribution in [-0.2, 0) is 13.1 Å². The van der Waals surface area contributed by atoms with E-state index < -0.39 is 0 Å². The second kappa shape index (κ2) is 5.78. The van der Waals surface area contributed by atoms with Crippen LogP contribution in [0, 0.1) is 0 Å². The van der Waals surface area contributed by atoms with Crippen molar-refractivity contribution in [2.45, 2.75) is 26.9 Å². The van der Waals surface area contributed by atoms with Crippen molar-refractivity contribution in [3.8, 4) is 0 Å². The molecule has 1 rings (SSSR count). The fourth-order valence-electron chi connectivity index (χ4n) is 1.61. The molecule has 2 heteroatoms. The van der Waals surface area contributed by atoms with E-state index in [0.29, 0.717) is 0 Å². The molecule has 0 saturated heterocycles. The van der Waals surface area contributed by atoms with E-state index in [0.717, 1.165) is 13.1 Å². The molecule has 1 aromatic carbocycles. The first kappa shape index (κ1) is 11.2. The van der Waals surface area contributed by atoms with Crippen molar-refractivity contribution in [1.29, 1.82) is 0 Å². The van der Waals surface area contributed by atoms with Gasteiger partial charge in [0.15, 0.2) is 0 Å². The smallest absolute Gasteiger partial charge is 0.103 e. The van der Waals surface area contributed by atoms with Gasteiger partial charge in [0.2, 0.25) is 0 Å². The van der Waals surface area contributed by atoms with Gasteiger partial charge < -0.3 is 10.6 Å². The molecule has 0 saturated carbocycles. The molecule has 14 heavy (non-hydrogen) atoms. The second-order valence-corrected chi connectivity index (χ2v) is 3.70. The summed E-state index contributed by atoms with van der Waals surface area (Å²) in [6.45, 7) is 8.91. The van der Waals surface area contributed by atoms with E-state index in [1.54, 1.807) is 4.90 Å². The Hall–Kier alpha value is -0.860. The summed E-state index contributed by atoms with van der Waals surface area (Å²) >= 11 is 0. The van der Waals surface area contributed by atoms with Crippen LogP contribution in [0.4, 0.5) is 0 Å². The molecule has 0 radical (unpaired) electrons. The molecule has 1 aromatic rings. The van der Waals surface area contributed by atoms with E-state index >= 15 is 0 Å². The zero-order valence-electron chi connectivity index (χ0n) is 9.34. The Kier molecular flexibility index (Phi) is 4.63. The Bertz CT molecular complexity index is 250. The third-order valence-corrected chi connectivity index (χ3v) is 2.77. The van der Waals surface area contributed by atoms with Crippen LogP contribution in [0.25, 0.3) is 0 Å². The third kappa shape index (κ3) is 3.13. The molecule has 0 amide bonds. The Balaban J connectivity index is 2.58. The Morgan fingerprint density at radius 2 is 1.50 bits per heavy atom. The Morgan fingerprint density at radius 3 is 1.93 bits per heavy atom. The summed E-state index contributed by atoms with van der Waals surface area (Å²) in [4.78, 5) is 1.63. The fraction of sp³-hybridized carbons (Fsp3) is 0.500. The van der Waals surface area contributed by atoms with E-state index in [1.807, 2.05) is 0 Å². The van der Waals surface area contributed by atoms with Crippen LogP contribution in [-0.4, -0.2) is 13.1 Å². The van der Waals surface area contributed by atoms with E-state index in [2.05, 4.69) is 43.8 Å². The molecule has 0 aromatic heterocycles. The van der Waals surface area contributed by atoms with Crippen molar-refractivity contribution >= 4 is 0 Å². The lowest BCUT2D eigenvalue weighted by Gasteiger charge is -2.15. The van der Waals surface area contributed by atoms with E-state index in [9.17, 15) is 0 Å². The number of hydrogen-bond acceptors (Lipinski definition) is 0. The van der Waals surface area contributed by atoms with Crippen molar-refractivity contribution in [1.82, 2.24) is 0 Å². The molecule has 0 heterocycles. The maximum Gasteiger partial charge on any atom is 0.103 e. The summed E-state index contributed by atoms with van der Waals surface area (Å²) in [6, 6.07) is 8.83. The molecule has 4 N–H and O–H groups in total. The molecule has 0 bridgehead atoms. The monoisotopic (exact) mass is 194 g/mol. The predicted molar refractivity (Wildman–Crippen MR) is 58.8 cm³/mol. The quantitative estimate of drug-likeness (QED) is 0.654. The highest BCUT2D eigenvalue weighted by Gasteiger charge is 2.03. The number of nitrogens with one attached hydrogen (secondary N) is 1. The van der Waals surface area contributed by atoms with E-state index in [4.69, 9.17) is 0 Å². The van der Waals surface area contributed by atoms with Gasteiger partial charge in [-0.1, -0.05) is 24.3 Å². The van der Waals surface area contributed by atoms with Gasteiger partial charge in [-0.3, -0.25) is 0 Å². The molecule has 0 aliphatic heterocycles. The largest absolute Gasteiger partial charge is 0.354 e. The predicted octanol–water partition coefficient (Wildman–Crippen LogP) is -0.147. The van der Waals surface area contributed by atoms with Crippen LogP contribution in [0.5, 0.6) is 0 Å². The number of quaternary nitrogens is 2. The maximum atomic E-state index is 3.87. The molecule has 0 aliphatic rings.